The fraction of sp³-hybridized carbons (Fsp3) is 0.300. The molecule has 28 heavy (non-hydrogen) atoms. The van der Waals surface area contributed by atoms with Gasteiger partial charge in [0, 0.05) is 24.7 Å². The van der Waals surface area contributed by atoms with Crippen molar-refractivity contribution in [2.45, 2.75) is 31.1 Å². The van der Waals surface area contributed by atoms with Gasteiger partial charge >= 0.3 is 0 Å². The average Bonchev–Trinajstić information content (AvgIpc) is 3.09. The lowest BCUT2D eigenvalue weighted by Gasteiger charge is -2.17. The highest BCUT2D eigenvalue weighted by atomic mass is 32.2. The molecule has 1 heterocycles. The zero-order chi connectivity index (χ0) is 20.1. The molecule has 0 aliphatic carbocycles. The van der Waals surface area contributed by atoms with E-state index in [1.54, 1.807) is 25.2 Å². The topological polar surface area (TPSA) is 92.5 Å². The number of carbonyl (C=O) groups excluding carboxylic acids is 1. The van der Waals surface area contributed by atoms with E-state index in [4.69, 9.17) is 4.52 Å². The van der Waals surface area contributed by atoms with E-state index in [0.29, 0.717) is 23.5 Å². The molecule has 1 aromatic heterocycles. The monoisotopic (exact) mass is 401 g/mol. The molecule has 3 aromatic rings. The number of nitrogens with one attached hydrogen (secondary N) is 1. The molecule has 0 radical (unpaired) electrons. The van der Waals surface area contributed by atoms with Crippen LogP contribution in [-0.2, 0) is 21.2 Å². The Hall–Kier alpha value is -2.71. The van der Waals surface area contributed by atoms with Crippen LogP contribution < -0.4 is 5.32 Å². The lowest BCUT2D eigenvalue weighted by atomic mass is 10.1. The molecule has 1 amide bonds. The minimum atomic E-state index is -3.52. The summed E-state index contributed by atoms with van der Waals surface area (Å²) in [7, 11) is -1.95. The van der Waals surface area contributed by atoms with Gasteiger partial charge in [0.2, 0.25) is 15.9 Å². The van der Waals surface area contributed by atoms with Crippen LogP contribution in [0.1, 0.15) is 25.5 Å². The molecule has 2 aromatic carbocycles. The van der Waals surface area contributed by atoms with Gasteiger partial charge in [-0.05, 0) is 42.8 Å². The fourth-order valence-electron chi connectivity index (χ4n) is 2.81. The SMILES string of the molecule is CCCCN(C)S(=O)(=O)c1ccc(NC(=O)Cc2noc3ccccc23)cc1. The maximum Gasteiger partial charge on any atom is 0.242 e. The fourth-order valence-corrected chi connectivity index (χ4v) is 4.02. The average molecular weight is 401 g/mol. The molecule has 0 aliphatic heterocycles. The predicted octanol–water partition coefficient (Wildman–Crippen LogP) is 3.43. The third kappa shape index (κ3) is 4.40. The van der Waals surface area contributed by atoms with E-state index in [0.717, 1.165) is 18.2 Å². The molecule has 0 saturated carbocycles. The molecular formula is C20H23N3O4S. The van der Waals surface area contributed by atoms with Crippen LogP contribution in [0.25, 0.3) is 11.0 Å². The number of aromatic nitrogens is 1. The first-order valence-corrected chi connectivity index (χ1v) is 10.6. The van der Waals surface area contributed by atoms with Crippen molar-refractivity contribution in [2.24, 2.45) is 0 Å². The number of amides is 1. The molecule has 0 aliphatic rings. The summed E-state index contributed by atoms with van der Waals surface area (Å²) in [6.07, 6.45) is 1.79. The third-order valence-corrected chi connectivity index (χ3v) is 6.32. The lowest BCUT2D eigenvalue weighted by Crippen LogP contribution is -2.27. The second-order valence-electron chi connectivity index (χ2n) is 6.55. The normalized spacial score (nSPS) is 11.8. The van der Waals surface area contributed by atoms with E-state index in [-0.39, 0.29) is 17.2 Å². The Bertz CT molecular complexity index is 1060. The molecule has 0 bridgehead atoms. The Kier molecular flexibility index (Phi) is 6.11. The molecule has 0 atom stereocenters. The van der Waals surface area contributed by atoms with Gasteiger partial charge in [0.1, 0.15) is 5.69 Å². The van der Waals surface area contributed by atoms with Gasteiger partial charge in [0.05, 0.1) is 11.3 Å². The molecule has 3 rings (SSSR count). The summed E-state index contributed by atoms with van der Waals surface area (Å²) in [5.41, 5.74) is 1.71. The quantitative estimate of drug-likeness (QED) is 0.624. The predicted molar refractivity (Wildman–Crippen MR) is 108 cm³/mol. The van der Waals surface area contributed by atoms with Crippen LogP contribution in [0.3, 0.4) is 0 Å². The second kappa shape index (κ2) is 8.53. The van der Waals surface area contributed by atoms with Crippen molar-refractivity contribution in [2.75, 3.05) is 18.9 Å². The first-order valence-electron chi connectivity index (χ1n) is 9.11. The first-order chi connectivity index (χ1) is 13.4. The van der Waals surface area contributed by atoms with Gasteiger partial charge in [-0.3, -0.25) is 4.79 Å². The number of carbonyl (C=O) groups is 1. The van der Waals surface area contributed by atoms with Crippen LogP contribution in [0.15, 0.2) is 57.9 Å². The zero-order valence-electron chi connectivity index (χ0n) is 15.9. The number of sulfonamides is 1. The van der Waals surface area contributed by atoms with E-state index in [1.165, 1.54) is 16.4 Å². The van der Waals surface area contributed by atoms with Crippen molar-refractivity contribution in [3.05, 3.63) is 54.2 Å². The van der Waals surface area contributed by atoms with Crippen LogP contribution in [0.4, 0.5) is 5.69 Å². The lowest BCUT2D eigenvalue weighted by molar-refractivity contribution is -0.115. The van der Waals surface area contributed by atoms with Gasteiger partial charge in [-0.15, -0.1) is 0 Å². The number of unbranched alkanes of at least 4 members (excludes halogenated alkanes) is 1. The largest absolute Gasteiger partial charge is 0.356 e. The summed E-state index contributed by atoms with van der Waals surface area (Å²) in [6.45, 7) is 2.49. The number of benzene rings is 2. The van der Waals surface area contributed by atoms with Crippen LogP contribution in [0.5, 0.6) is 0 Å². The Balaban J connectivity index is 1.66. The Morgan fingerprint density at radius 3 is 2.57 bits per heavy atom. The summed E-state index contributed by atoms with van der Waals surface area (Å²) >= 11 is 0. The highest BCUT2D eigenvalue weighted by Crippen LogP contribution is 2.20. The standard InChI is InChI=1S/C20H23N3O4S/c1-3-4-13-23(2)28(25,26)16-11-9-15(10-12-16)21-20(24)14-18-17-7-5-6-8-19(17)27-22-18/h5-12H,3-4,13-14H2,1-2H3,(H,21,24). The summed E-state index contributed by atoms with van der Waals surface area (Å²) < 4.78 is 31.6. The van der Waals surface area contributed by atoms with Gasteiger partial charge in [-0.2, -0.15) is 0 Å². The van der Waals surface area contributed by atoms with Gasteiger partial charge in [0.15, 0.2) is 5.58 Å². The number of anilines is 1. The van der Waals surface area contributed by atoms with Crippen LogP contribution in [-0.4, -0.2) is 37.4 Å². The molecule has 7 nitrogen and oxygen atoms in total. The molecular weight excluding hydrogens is 378 g/mol. The number of hydrogen-bond donors (Lipinski definition) is 1. The maximum atomic E-state index is 12.5. The minimum Gasteiger partial charge on any atom is -0.356 e. The molecule has 8 heteroatoms. The van der Waals surface area contributed by atoms with Crippen molar-refractivity contribution >= 4 is 32.6 Å². The maximum absolute atomic E-state index is 12.5. The van der Waals surface area contributed by atoms with Gasteiger partial charge in [0.25, 0.3) is 0 Å². The highest BCUT2D eigenvalue weighted by Gasteiger charge is 2.20. The van der Waals surface area contributed by atoms with Gasteiger partial charge in [-0.1, -0.05) is 30.6 Å². The highest BCUT2D eigenvalue weighted by molar-refractivity contribution is 7.89. The Labute approximate surface area is 164 Å². The summed E-state index contributed by atoms with van der Waals surface area (Å²) in [5.74, 6) is -0.255. The van der Waals surface area contributed by atoms with Crippen LogP contribution in [0, 0.1) is 0 Å². The van der Waals surface area contributed by atoms with Crippen molar-refractivity contribution < 1.29 is 17.7 Å². The number of nitrogens with zero attached hydrogens (tertiary/aromatic N) is 2. The van der Waals surface area contributed by atoms with Crippen LogP contribution in [0.2, 0.25) is 0 Å². The molecule has 0 saturated heterocycles. The molecule has 148 valence electrons. The van der Waals surface area contributed by atoms with Crippen molar-refractivity contribution in [1.29, 1.82) is 0 Å². The van der Waals surface area contributed by atoms with Crippen LogP contribution >= 0.6 is 0 Å². The zero-order valence-corrected chi connectivity index (χ0v) is 16.7. The third-order valence-electron chi connectivity index (χ3n) is 4.45. The molecule has 0 fully saturated rings. The Morgan fingerprint density at radius 1 is 1.14 bits per heavy atom. The summed E-state index contributed by atoms with van der Waals surface area (Å²) in [4.78, 5) is 12.5. The van der Waals surface area contributed by atoms with E-state index < -0.39 is 10.0 Å². The van der Waals surface area contributed by atoms with Crippen molar-refractivity contribution in [3.8, 4) is 0 Å². The van der Waals surface area contributed by atoms with Gasteiger partial charge < -0.3 is 9.84 Å². The first kappa shape index (κ1) is 20.0. The summed E-state index contributed by atoms with van der Waals surface area (Å²) in [5, 5.41) is 7.50. The van der Waals surface area contributed by atoms with Crippen molar-refractivity contribution in [1.82, 2.24) is 9.46 Å². The second-order valence-corrected chi connectivity index (χ2v) is 8.60. The smallest absolute Gasteiger partial charge is 0.242 e. The van der Waals surface area contributed by atoms with E-state index in [1.807, 2.05) is 25.1 Å². The summed E-state index contributed by atoms with van der Waals surface area (Å²) in [6, 6.07) is 13.5. The number of fused-ring (bicyclic) bond motifs is 1. The van der Waals surface area contributed by atoms with Gasteiger partial charge in [-0.25, -0.2) is 12.7 Å². The Morgan fingerprint density at radius 2 is 1.86 bits per heavy atom. The molecule has 0 spiro atoms. The van der Waals surface area contributed by atoms with E-state index >= 15 is 0 Å². The van der Waals surface area contributed by atoms with Crippen molar-refractivity contribution in [3.63, 3.8) is 0 Å². The van der Waals surface area contributed by atoms with E-state index in [9.17, 15) is 13.2 Å². The number of rotatable bonds is 8. The number of hydrogen-bond acceptors (Lipinski definition) is 5. The molecule has 0 unspecified atom stereocenters. The number of para-hydroxylation sites is 1. The van der Waals surface area contributed by atoms with E-state index in [2.05, 4.69) is 10.5 Å². The minimum absolute atomic E-state index is 0.0663. The molecule has 1 N–H and O–H groups in total.